The summed E-state index contributed by atoms with van der Waals surface area (Å²) in [7, 11) is 0. The fourth-order valence-electron chi connectivity index (χ4n) is 8.28. The predicted molar refractivity (Wildman–Crippen MR) is 300 cm³/mol. The Labute approximate surface area is 426 Å². The number of carbonyl (C=O) groups excluding carboxylic acids is 2. The van der Waals surface area contributed by atoms with Gasteiger partial charge in [-0.2, -0.15) is 0 Å². The minimum absolute atomic E-state index is 0.0528. The van der Waals surface area contributed by atoms with E-state index in [1.807, 2.05) is 6.08 Å². The molecule has 0 bridgehead atoms. The second-order valence-corrected chi connectivity index (χ2v) is 19.3. The molecule has 0 heterocycles. The van der Waals surface area contributed by atoms with Crippen LogP contribution in [0.3, 0.4) is 0 Å². The number of esters is 1. The fourth-order valence-corrected chi connectivity index (χ4v) is 8.28. The Morgan fingerprint density at radius 1 is 0.449 bits per heavy atom. The topological polar surface area (TPSA) is 95.9 Å². The highest BCUT2D eigenvalue weighted by molar-refractivity contribution is 5.78. The number of amides is 1. The SMILES string of the molecule is CC/C=C\C/C=C\C/C=C\C/C=C\C/C=C\C/C=C\C(CC(=O)NC(CO)C(O)CCCCCCCCCCCCCCCC)OC(=O)CCCCCCCCCCC/C=C\C/C=C\CCCCC. The quantitative estimate of drug-likeness (QED) is 0.0321. The van der Waals surface area contributed by atoms with Gasteiger partial charge in [0.05, 0.1) is 25.2 Å². The first-order valence-corrected chi connectivity index (χ1v) is 29.0. The van der Waals surface area contributed by atoms with Crippen molar-refractivity contribution in [1.29, 1.82) is 0 Å². The summed E-state index contributed by atoms with van der Waals surface area (Å²) in [5, 5.41) is 23.8. The van der Waals surface area contributed by atoms with Crippen LogP contribution in [-0.2, 0) is 14.3 Å². The van der Waals surface area contributed by atoms with E-state index in [-0.39, 0.29) is 24.9 Å². The molecule has 6 heteroatoms. The number of nitrogens with one attached hydrogen (secondary N) is 1. The molecule has 0 fully saturated rings. The van der Waals surface area contributed by atoms with Gasteiger partial charge >= 0.3 is 5.97 Å². The Hall–Kier alpha value is -3.22. The highest BCUT2D eigenvalue weighted by Gasteiger charge is 2.23. The average molecular weight is 961 g/mol. The highest BCUT2D eigenvalue weighted by Crippen LogP contribution is 2.16. The summed E-state index contributed by atoms with van der Waals surface area (Å²) in [5.74, 6) is -0.635. The van der Waals surface area contributed by atoms with Crippen molar-refractivity contribution in [3.8, 4) is 0 Å². The number of aliphatic hydroxyl groups is 2. The molecular formula is C63H109NO5. The lowest BCUT2D eigenvalue weighted by atomic mass is 10.0. The van der Waals surface area contributed by atoms with Crippen LogP contribution in [-0.4, -0.2) is 46.9 Å². The van der Waals surface area contributed by atoms with Gasteiger partial charge in [0.25, 0.3) is 0 Å². The molecule has 3 N–H and O–H groups in total. The van der Waals surface area contributed by atoms with Gasteiger partial charge in [-0.25, -0.2) is 0 Å². The summed E-state index contributed by atoms with van der Waals surface area (Å²) in [6.45, 7) is 6.32. The van der Waals surface area contributed by atoms with Gasteiger partial charge < -0.3 is 20.3 Å². The van der Waals surface area contributed by atoms with Gasteiger partial charge in [0.15, 0.2) is 0 Å². The van der Waals surface area contributed by atoms with E-state index in [1.54, 1.807) is 6.08 Å². The third-order valence-corrected chi connectivity index (χ3v) is 12.6. The van der Waals surface area contributed by atoms with Crippen molar-refractivity contribution in [1.82, 2.24) is 5.32 Å². The third-order valence-electron chi connectivity index (χ3n) is 12.6. The second kappa shape index (κ2) is 55.7. The number of carbonyl (C=O) groups is 2. The Morgan fingerprint density at radius 3 is 1.26 bits per heavy atom. The Balaban J connectivity index is 4.72. The smallest absolute Gasteiger partial charge is 0.306 e. The number of allylic oxidation sites excluding steroid dienone is 15. The maximum Gasteiger partial charge on any atom is 0.306 e. The van der Waals surface area contributed by atoms with Crippen molar-refractivity contribution < 1.29 is 24.5 Å². The zero-order chi connectivity index (χ0) is 50.2. The van der Waals surface area contributed by atoms with Gasteiger partial charge in [-0.1, -0.05) is 260 Å². The van der Waals surface area contributed by atoms with Gasteiger partial charge in [0, 0.05) is 6.42 Å². The first-order chi connectivity index (χ1) is 34.0. The van der Waals surface area contributed by atoms with E-state index in [4.69, 9.17) is 4.74 Å². The van der Waals surface area contributed by atoms with Crippen LogP contribution in [0, 0.1) is 0 Å². The van der Waals surface area contributed by atoms with Crippen molar-refractivity contribution in [2.45, 2.75) is 283 Å². The first-order valence-electron chi connectivity index (χ1n) is 29.0. The molecule has 69 heavy (non-hydrogen) atoms. The van der Waals surface area contributed by atoms with Gasteiger partial charge in [-0.05, 0) is 89.5 Å². The molecule has 3 atom stereocenters. The zero-order valence-corrected chi connectivity index (χ0v) is 45.2. The van der Waals surface area contributed by atoms with Crippen molar-refractivity contribution in [2.75, 3.05) is 6.61 Å². The molecule has 0 radical (unpaired) electrons. The number of hydrogen-bond acceptors (Lipinski definition) is 5. The number of unbranched alkanes of at least 4 members (excludes halogenated alkanes) is 25. The maximum absolute atomic E-state index is 13.2. The van der Waals surface area contributed by atoms with E-state index in [0.717, 1.165) is 77.0 Å². The second-order valence-electron chi connectivity index (χ2n) is 19.3. The molecule has 0 aliphatic carbocycles. The predicted octanol–water partition coefficient (Wildman–Crippen LogP) is 18.1. The fraction of sp³-hybridized carbons (Fsp3) is 0.714. The Bertz CT molecular complexity index is 1350. The van der Waals surface area contributed by atoms with E-state index in [0.29, 0.717) is 19.3 Å². The van der Waals surface area contributed by atoms with Crippen molar-refractivity contribution in [3.05, 3.63) is 97.2 Å². The maximum atomic E-state index is 13.2. The lowest BCUT2D eigenvalue weighted by Gasteiger charge is -2.23. The molecule has 396 valence electrons. The molecule has 0 saturated carbocycles. The number of aliphatic hydroxyl groups excluding tert-OH is 2. The molecule has 0 aromatic heterocycles. The molecule has 0 saturated heterocycles. The summed E-state index contributed by atoms with van der Waals surface area (Å²) >= 11 is 0. The molecular weight excluding hydrogens is 851 g/mol. The van der Waals surface area contributed by atoms with E-state index in [1.165, 1.54) is 141 Å². The number of ether oxygens (including phenoxy) is 1. The number of rotatable bonds is 51. The first kappa shape index (κ1) is 65.8. The van der Waals surface area contributed by atoms with Gasteiger partial charge in [-0.15, -0.1) is 0 Å². The van der Waals surface area contributed by atoms with E-state index in [2.05, 4.69) is 111 Å². The molecule has 1 amide bonds. The summed E-state index contributed by atoms with van der Waals surface area (Å²) in [4.78, 5) is 26.2. The summed E-state index contributed by atoms with van der Waals surface area (Å²) in [5.41, 5.74) is 0. The van der Waals surface area contributed by atoms with Crippen LogP contribution in [0.5, 0.6) is 0 Å². The summed E-state index contributed by atoms with van der Waals surface area (Å²) in [6.07, 6.45) is 75.0. The molecule has 0 aromatic carbocycles. The van der Waals surface area contributed by atoms with Crippen molar-refractivity contribution in [2.24, 2.45) is 0 Å². The van der Waals surface area contributed by atoms with Crippen molar-refractivity contribution >= 4 is 11.9 Å². The largest absolute Gasteiger partial charge is 0.458 e. The molecule has 0 spiro atoms. The van der Waals surface area contributed by atoms with E-state index >= 15 is 0 Å². The number of hydrogen-bond donors (Lipinski definition) is 3. The minimum Gasteiger partial charge on any atom is -0.458 e. The lowest BCUT2D eigenvalue weighted by molar-refractivity contribution is -0.148. The van der Waals surface area contributed by atoms with E-state index in [9.17, 15) is 19.8 Å². The van der Waals surface area contributed by atoms with E-state index < -0.39 is 18.2 Å². The molecule has 0 rings (SSSR count). The van der Waals surface area contributed by atoms with Crippen LogP contribution in [0.2, 0.25) is 0 Å². The summed E-state index contributed by atoms with van der Waals surface area (Å²) in [6, 6.07) is -0.749. The van der Waals surface area contributed by atoms with Crippen LogP contribution in [0.25, 0.3) is 0 Å². The zero-order valence-electron chi connectivity index (χ0n) is 45.2. The highest BCUT2D eigenvalue weighted by atomic mass is 16.5. The average Bonchev–Trinajstić information content (AvgIpc) is 3.34. The summed E-state index contributed by atoms with van der Waals surface area (Å²) < 4.78 is 5.85. The minimum atomic E-state index is -0.826. The van der Waals surface area contributed by atoms with Crippen LogP contribution in [0.15, 0.2) is 97.2 Å². The standard InChI is InChI=1S/C63H109NO5/c1-4-7-10-13-16-19-22-25-28-30-31-33-35-38-41-44-47-50-53-56-63(68)69-59(54-51-48-45-42-39-36-34-32-29-26-23-20-17-14-11-8-5-2)57-62(67)64-60(58-65)61(66)55-52-49-46-43-40-37-27-24-21-18-15-12-9-6-3/h8,11,16-17,19-20,25-26,28-29,34,36,42,45,51,54,59-61,65-66H,4-7,9-10,12-15,18,21-24,27,30-33,35,37-41,43-44,46-50,52-53,55-58H2,1-3H3,(H,64,67)/b11-8-,19-16-,20-17-,28-25-,29-26-,36-34-,45-42-,54-51-. The van der Waals surface area contributed by atoms with Crippen molar-refractivity contribution in [3.63, 3.8) is 0 Å². The van der Waals surface area contributed by atoms with Crippen LogP contribution in [0.4, 0.5) is 0 Å². The molecule has 0 aromatic rings. The molecule has 6 nitrogen and oxygen atoms in total. The Kier molecular flexibility index (Phi) is 53.1. The Morgan fingerprint density at radius 2 is 0.812 bits per heavy atom. The van der Waals surface area contributed by atoms with Crippen LogP contribution < -0.4 is 5.32 Å². The normalized spacial score (nSPS) is 13.9. The monoisotopic (exact) mass is 960 g/mol. The third kappa shape index (κ3) is 51.0. The molecule has 0 aliphatic rings. The lowest BCUT2D eigenvalue weighted by Crippen LogP contribution is -2.46. The van der Waals surface area contributed by atoms with Crippen LogP contribution >= 0.6 is 0 Å². The molecule has 0 aliphatic heterocycles. The molecule has 3 unspecified atom stereocenters. The van der Waals surface area contributed by atoms with Crippen LogP contribution in [0.1, 0.15) is 265 Å². The van der Waals surface area contributed by atoms with Gasteiger partial charge in [-0.3, -0.25) is 9.59 Å². The van der Waals surface area contributed by atoms with Gasteiger partial charge in [0.1, 0.15) is 6.10 Å². The van der Waals surface area contributed by atoms with Gasteiger partial charge in [0.2, 0.25) is 5.91 Å².